The van der Waals surface area contributed by atoms with E-state index in [9.17, 15) is 9.59 Å². The Hall–Kier alpha value is -1.14. The second kappa shape index (κ2) is 8.48. The SMILES string of the molecule is COCCCNC(=O)CN1CCC[C@@H]1[C@H]1CCCN1C(C)=O. The topological polar surface area (TPSA) is 61.9 Å². The van der Waals surface area contributed by atoms with Crippen LogP contribution in [-0.4, -0.2) is 73.6 Å². The Morgan fingerprint density at radius 2 is 1.91 bits per heavy atom. The molecule has 2 fully saturated rings. The van der Waals surface area contributed by atoms with Gasteiger partial charge in [0.15, 0.2) is 0 Å². The van der Waals surface area contributed by atoms with Crippen molar-refractivity contribution < 1.29 is 14.3 Å². The number of likely N-dealkylation sites (tertiary alicyclic amines) is 2. The summed E-state index contributed by atoms with van der Waals surface area (Å²) in [6, 6.07) is 0.636. The minimum Gasteiger partial charge on any atom is -0.385 e. The second-order valence-corrected chi connectivity index (χ2v) is 6.30. The predicted octanol–water partition coefficient (Wildman–Crippen LogP) is 0.614. The summed E-state index contributed by atoms with van der Waals surface area (Å²) >= 11 is 0. The van der Waals surface area contributed by atoms with Crippen LogP contribution in [0, 0.1) is 0 Å². The van der Waals surface area contributed by atoms with Gasteiger partial charge >= 0.3 is 0 Å². The molecule has 0 aromatic rings. The van der Waals surface area contributed by atoms with Crippen molar-refractivity contribution in [3.8, 4) is 0 Å². The second-order valence-electron chi connectivity index (χ2n) is 6.30. The molecule has 2 heterocycles. The Bertz CT molecular complexity index is 389. The molecule has 1 N–H and O–H groups in total. The maximum absolute atomic E-state index is 12.1. The molecule has 2 rings (SSSR count). The van der Waals surface area contributed by atoms with Crippen LogP contribution in [0.4, 0.5) is 0 Å². The number of hydrogen-bond donors (Lipinski definition) is 1. The monoisotopic (exact) mass is 311 g/mol. The molecule has 2 aliphatic heterocycles. The molecule has 0 aromatic carbocycles. The molecule has 0 radical (unpaired) electrons. The summed E-state index contributed by atoms with van der Waals surface area (Å²) in [5.74, 6) is 0.244. The minimum atomic E-state index is 0.0791. The first-order valence-corrected chi connectivity index (χ1v) is 8.40. The molecule has 2 amide bonds. The third kappa shape index (κ3) is 4.43. The Morgan fingerprint density at radius 1 is 1.18 bits per heavy atom. The molecule has 22 heavy (non-hydrogen) atoms. The molecule has 0 aliphatic carbocycles. The molecule has 0 aromatic heterocycles. The third-order valence-electron chi connectivity index (χ3n) is 4.76. The average Bonchev–Trinajstić information content (AvgIpc) is 3.11. The molecule has 2 atom stereocenters. The first-order chi connectivity index (χ1) is 10.6. The molecule has 2 aliphatic rings. The Kier molecular flexibility index (Phi) is 6.64. The number of ether oxygens (including phenoxy) is 1. The normalized spacial score (nSPS) is 25.6. The lowest BCUT2D eigenvalue weighted by Gasteiger charge is -2.34. The highest BCUT2D eigenvalue weighted by Crippen LogP contribution is 2.29. The van der Waals surface area contributed by atoms with E-state index >= 15 is 0 Å². The number of hydrogen-bond acceptors (Lipinski definition) is 4. The summed E-state index contributed by atoms with van der Waals surface area (Å²) in [4.78, 5) is 28.1. The molecular formula is C16H29N3O3. The van der Waals surface area contributed by atoms with E-state index in [0.717, 1.165) is 45.2 Å². The highest BCUT2D eigenvalue weighted by molar-refractivity contribution is 5.78. The molecule has 126 valence electrons. The molecular weight excluding hydrogens is 282 g/mol. The first-order valence-electron chi connectivity index (χ1n) is 8.40. The maximum Gasteiger partial charge on any atom is 0.234 e. The minimum absolute atomic E-state index is 0.0791. The lowest BCUT2D eigenvalue weighted by molar-refractivity contribution is -0.130. The van der Waals surface area contributed by atoms with Crippen LogP contribution < -0.4 is 5.32 Å². The lowest BCUT2D eigenvalue weighted by atomic mass is 10.0. The van der Waals surface area contributed by atoms with Gasteiger partial charge < -0.3 is 15.0 Å². The van der Waals surface area contributed by atoms with Crippen molar-refractivity contribution in [2.45, 2.75) is 51.1 Å². The molecule has 0 bridgehead atoms. The Morgan fingerprint density at radius 3 is 2.64 bits per heavy atom. The molecule has 6 heteroatoms. The van der Waals surface area contributed by atoms with Gasteiger partial charge in [-0.05, 0) is 38.6 Å². The zero-order valence-corrected chi connectivity index (χ0v) is 13.8. The molecule has 2 saturated heterocycles. The summed E-state index contributed by atoms with van der Waals surface area (Å²) < 4.78 is 4.98. The Balaban J connectivity index is 1.82. The fraction of sp³-hybridized carbons (Fsp3) is 0.875. The van der Waals surface area contributed by atoms with Gasteiger partial charge in [0.1, 0.15) is 0 Å². The van der Waals surface area contributed by atoms with E-state index in [1.54, 1.807) is 14.0 Å². The van der Waals surface area contributed by atoms with Crippen molar-refractivity contribution in [3.05, 3.63) is 0 Å². The molecule has 0 saturated carbocycles. The van der Waals surface area contributed by atoms with Crippen LogP contribution in [0.1, 0.15) is 39.0 Å². The number of methoxy groups -OCH3 is 1. The van der Waals surface area contributed by atoms with Crippen molar-refractivity contribution in [1.29, 1.82) is 0 Å². The highest BCUT2D eigenvalue weighted by Gasteiger charge is 2.39. The molecule has 0 unspecified atom stereocenters. The van der Waals surface area contributed by atoms with Gasteiger partial charge in [-0.25, -0.2) is 0 Å². The average molecular weight is 311 g/mol. The van der Waals surface area contributed by atoms with Crippen molar-refractivity contribution in [1.82, 2.24) is 15.1 Å². The summed E-state index contributed by atoms with van der Waals surface area (Å²) in [5, 5.41) is 2.95. The van der Waals surface area contributed by atoms with Gasteiger partial charge in [0, 0.05) is 45.8 Å². The zero-order chi connectivity index (χ0) is 15.9. The van der Waals surface area contributed by atoms with E-state index < -0.39 is 0 Å². The van der Waals surface area contributed by atoms with Crippen molar-refractivity contribution in [2.75, 3.05) is 39.9 Å². The van der Waals surface area contributed by atoms with E-state index in [0.29, 0.717) is 31.8 Å². The predicted molar refractivity (Wildman–Crippen MR) is 84.5 cm³/mol. The van der Waals surface area contributed by atoms with Gasteiger partial charge in [-0.15, -0.1) is 0 Å². The maximum atomic E-state index is 12.1. The largest absolute Gasteiger partial charge is 0.385 e. The van der Waals surface area contributed by atoms with E-state index in [4.69, 9.17) is 4.74 Å². The van der Waals surface area contributed by atoms with Gasteiger partial charge in [-0.1, -0.05) is 0 Å². The fourth-order valence-electron chi connectivity index (χ4n) is 3.75. The fourth-order valence-corrected chi connectivity index (χ4v) is 3.75. The summed E-state index contributed by atoms with van der Waals surface area (Å²) in [5.41, 5.74) is 0. The zero-order valence-electron chi connectivity index (χ0n) is 13.8. The number of nitrogens with zero attached hydrogens (tertiary/aromatic N) is 2. The Labute approximate surface area is 133 Å². The third-order valence-corrected chi connectivity index (χ3v) is 4.76. The van der Waals surface area contributed by atoms with Crippen LogP contribution in [0.5, 0.6) is 0 Å². The van der Waals surface area contributed by atoms with Gasteiger partial charge in [0.05, 0.1) is 6.54 Å². The van der Waals surface area contributed by atoms with Crippen molar-refractivity contribution >= 4 is 11.8 Å². The number of carbonyl (C=O) groups is 2. The van der Waals surface area contributed by atoms with Crippen LogP contribution in [0.15, 0.2) is 0 Å². The van der Waals surface area contributed by atoms with Gasteiger partial charge in [0.2, 0.25) is 11.8 Å². The van der Waals surface area contributed by atoms with E-state index in [2.05, 4.69) is 10.2 Å². The summed E-state index contributed by atoms with van der Waals surface area (Å²) in [6.45, 7) is 5.25. The number of amides is 2. The number of carbonyl (C=O) groups excluding carboxylic acids is 2. The number of rotatable bonds is 7. The standard InChI is InChI=1S/C16H29N3O3/c1-13(20)19-10-4-7-15(19)14-6-3-9-18(14)12-16(21)17-8-5-11-22-2/h14-15H,3-12H2,1-2H3,(H,17,21)/t14-,15-/m1/s1. The quantitative estimate of drug-likeness (QED) is 0.700. The first kappa shape index (κ1) is 17.2. The van der Waals surface area contributed by atoms with E-state index in [1.807, 2.05) is 4.90 Å². The van der Waals surface area contributed by atoms with E-state index in [1.165, 1.54) is 0 Å². The molecule has 6 nitrogen and oxygen atoms in total. The lowest BCUT2D eigenvalue weighted by Crippen LogP contribution is -2.50. The van der Waals surface area contributed by atoms with E-state index in [-0.39, 0.29) is 11.8 Å². The van der Waals surface area contributed by atoms with Crippen LogP contribution >= 0.6 is 0 Å². The van der Waals surface area contributed by atoms with Crippen LogP contribution in [-0.2, 0) is 14.3 Å². The van der Waals surface area contributed by atoms with Crippen LogP contribution in [0.3, 0.4) is 0 Å². The molecule has 0 spiro atoms. The van der Waals surface area contributed by atoms with Crippen LogP contribution in [0.25, 0.3) is 0 Å². The van der Waals surface area contributed by atoms with Gasteiger partial charge in [0.25, 0.3) is 0 Å². The number of nitrogens with one attached hydrogen (secondary N) is 1. The van der Waals surface area contributed by atoms with Gasteiger partial charge in [-0.2, -0.15) is 0 Å². The summed E-state index contributed by atoms with van der Waals surface area (Å²) in [6.07, 6.45) is 5.19. The van der Waals surface area contributed by atoms with Crippen molar-refractivity contribution in [2.24, 2.45) is 0 Å². The van der Waals surface area contributed by atoms with Gasteiger partial charge in [-0.3, -0.25) is 14.5 Å². The highest BCUT2D eigenvalue weighted by atomic mass is 16.5. The van der Waals surface area contributed by atoms with Crippen molar-refractivity contribution in [3.63, 3.8) is 0 Å². The summed E-state index contributed by atoms with van der Waals surface area (Å²) in [7, 11) is 1.67. The smallest absolute Gasteiger partial charge is 0.234 e. The van der Waals surface area contributed by atoms with Crippen LogP contribution in [0.2, 0.25) is 0 Å².